The topological polar surface area (TPSA) is 57.4 Å². The van der Waals surface area contributed by atoms with Gasteiger partial charge in [-0.1, -0.05) is 38.0 Å². The maximum atomic E-state index is 5.57. The van der Waals surface area contributed by atoms with Crippen molar-refractivity contribution in [2.75, 3.05) is 13.2 Å². The fourth-order valence-electron chi connectivity index (χ4n) is 2.12. The molecule has 26 heavy (non-hydrogen) atoms. The standard InChI is InChI=1S/C21H24N2O3/c1-6-24-19(25-7-2)11-9-8-10-18-22-23-20(26-18)16-12-14-17(15-13-16)21(3,4)5/h12-15,19H,6-7H2,1-5H3. The summed E-state index contributed by atoms with van der Waals surface area (Å²) < 4.78 is 16.2. The third-order valence-corrected chi connectivity index (χ3v) is 3.48. The molecule has 0 atom stereocenters. The van der Waals surface area contributed by atoms with Gasteiger partial charge in [0.05, 0.1) is 0 Å². The SMILES string of the molecule is CCOC(C#CC#Cc1nnc(-c2ccc(C(C)(C)C)cc2)o1)OCC. The van der Waals surface area contributed by atoms with E-state index in [0.717, 1.165) is 5.56 Å². The number of rotatable bonds is 5. The number of hydrogen-bond donors (Lipinski definition) is 0. The summed E-state index contributed by atoms with van der Waals surface area (Å²) in [5, 5.41) is 7.97. The van der Waals surface area contributed by atoms with Crippen LogP contribution in [0.3, 0.4) is 0 Å². The lowest BCUT2D eigenvalue weighted by atomic mass is 9.87. The first-order valence-corrected chi connectivity index (χ1v) is 8.63. The molecule has 0 saturated carbocycles. The Hall–Kier alpha value is -2.60. The Balaban J connectivity index is 2.07. The second-order valence-corrected chi connectivity index (χ2v) is 6.50. The zero-order valence-electron chi connectivity index (χ0n) is 15.9. The zero-order chi connectivity index (χ0) is 19.0. The van der Waals surface area contributed by atoms with Gasteiger partial charge in [-0.25, -0.2) is 0 Å². The lowest BCUT2D eigenvalue weighted by Crippen LogP contribution is -2.14. The first kappa shape index (κ1) is 19.7. The van der Waals surface area contributed by atoms with E-state index in [2.05, 4.69) is 66.8 Å². The van der Waals surface area contributed by atoms with E-state index in [1.54, 1.807) is 0 Å². The molecule has 5 nitrogen and oxygen atoms in total. The molecule has 2 rings (SSSR count). The van der Waals surface area contributed by atoms with Crippen LogP contribution in [-0.4, -0.2) is 29.7 Å². The average Bonchev–Trinajstić information content (AvgIpc) is 3.07. The second-order valence-electron chi connectivity index (χ2n) is 6.50. The molecule has 136 valence electrons. The van der Waals surface area contributed by atoms with E-state index < -0.39 is 6.29 Å². The van der Waals surface area contributed by atoms with Gasteiger partial charge in [0.1, 0.15) is 0 Å². The summed E-state index contributed by atoms with van der Waals surface area (Å²) in [7, 11) is 0. The van der Waals surface area contributed by atoms with Gasteiger partial charge in [-0.05, 0) is 54.7 Å². The van der Waals surface area contributed by atoms with Gasteiger partial charge in [0.25, 0.3) is 5.89 Å². The van der Waals surface area contributed by atoms with Crippen LogP contribution in [0.4, 0.5) is 0 Å². The van der Waals surface area contributed by atoms with Crippen molar-refractivity contribution in [3.8, 4) is 35.1 Å². The second kappa shape index (κ2) is 9.20. The molecule has 0 fully saturated rings. The Kier molecular flexibility index (Phi) is 6.97. The third kappa shape index (κ3) is 5.74. The van der Waals surface area contributed by atoms with Crippen LogP contribution in [0.15, 0.2) is 28.7 Å². The molecular weight excluding hydrogens is 328 g/mol. The van der Waals surface area contributed by atoms with Crippen molar-refractivity contribution in [2.24, 2.45) is 0 Å². The summed E-state index contributed by atoms with van der Waals surface area (Å²) in [6, 6.07) is 8.08. The molecular formula is C21H24N2O3. The van der Waals surface area contributed by atoms with Crippen molar-refractivity contribution in [3.63, 3.8) is 0 Å². The number of hydrogen-bond acceptors (Lipinski definition) is 5. The molecule has 0 spiro atoms. The monoisotopic (exact) mass is 352 g/mol. The minimum absolute atomic E-state index is 0.101. The van der Waals surface area contributed by atoms with Crippen LogP contribution in [0.25, 0.3) is 11.5 Å². The summed E-state index contributed by atoms with van der Waals surface area (Å²) in [6.07, 6.45) is -0.570. The van der Waals surface area contributed by atoms with Crippen LogP contribution < -0.4 is 0 Å². The predicted octanol–water partition coefficient (Wildman–Crippen LogP) is 3.79. The minimum atomic E-state index is -0.570. The molecule has 0 radical (unpaired) electrons. The Labute approximate surface area is 155 Å². The van der Waals surface area contributed by atoms with Gasteiger partial charge in [-0.3, -0.25) is 0 Å². The van der Waals surface area contributed by atoms with E-state index in [9.17, 15) is 0 Å². The fraction of sp³-hybridized carbons (Fsp3) is 0.429. The molecule has 0 bridgehead atoms. The van der Waals surface area contributed by atoms with Crippen molar-refractivity contribution >= 4 is 0 Å². The molecule has 0 saturated heterocycles. The van der Waals surface area contributed by atoms with Gasteiger partial charge in [-0.2, -0.15) is 0 Å². The van der Waals surface area contributed by atoms with Crippen molar-refractivity contribution in [1.82, 2.24) is 10.2 Å². The third-order valence-electron chi connectivity index (χ3n) is 3.48. The highest BCUT2D eigenvalue weighted by Crippen LogP contribution is 2.25. The summed E-state index contributed by atoms with van der Waals surface area (Å²) in [5.74, 6) is 11.5. The van der Waals surface area contributed by atoms with E-state index in [-0.39, 0.29) is 11.3 Å². The summed E-state index contributed by atoms with van der Waals surface area (Å²) in [6.45, 7) is 11.3. The lowest BCUT2D eigenvalue weighted by Gasteiger charge is -2.18. The van der Waals surface area contributed by atoms with E-state index >= 15 is 0 Å². The number of benzene rings is 1. The van der Waals surface area contributed by atoms with Gasteiger partial charge in [0.15, 0.2) is 0 Å². The van der Waals surface area contributed by atoms with Gasteiger partial charge in [0, 0.05) is 24.7 Å². The molecule has 0 unspecified atom stereocenters. The van der Waals surface area contributed by atoms with Crippen LogP contribution in [0, 0.1) is 23.7 Å². The zero-order valence-corrected chi connectivity index (χ0v) is 15.9. The molecule has 2 aromatic rings. The van der Waals surface area contributed by atoms with Gasteiger partial charge >= 0.3 is 0 Å². The molecule has 0 aliphatic carbocycles. The highest BCUT2D eigenvalue weighted by atomic mass is 16.7. The summed E-state index contributed by atoms with van der Waals surface area (Å²) in [4.78, 5) is 0. The van der Waals surface area contributed by atoms with Crippen LogP contribution >= 0.6 is 0 Å². The highest BCUT2D eigenvalue weighted by Gasteiger charge is 2.14. The van der Waals surface area contributed by atoms with Crippen molar-refractivity contribution in [3.05, 3.63) is 35.7 Å². The summed E-state index contributed by atoms with van der Waals surface area (Å²) in [5.41, 5.74) is 2.20. The van der Waals surface area contributed by atoms with Crippen LogP contribution in [0.2, 0.25) is 0 Å². The quantitative estimate of drug-likeness (QED) is 0.605. The Bertz CT molecular complexity index is 818. The largest absolute Gasteiger partial charge is 0.410 e. The fourth-order valence-corrected chi connectivity index (χ4v) is 2.12. The van der Waals surface area contributed by atoms with E-state index in [0.29, 0.717) is 19.1 Å². The van der Waals surface area contributed by atoms with E-state index in [1.165, 1.54) is 5.56 Å². The lowest BCUT2D eigenvalue weighted by molar-refractivity contribution is -0.0969. The smallest absolute Gasteiger partial charge is 0.295 e. The average molecular weight is 352 g/mol. The Morgan fingerprint density at radius 3 is 2.23 bits per heavy atom. The molecule has 5 heteroatoms. The number of nitrogens with zero attached hydrogens (tertiary/aromatic N) is 2. The first-order chi connectivity index (χ1) is 12.4. The molecule has 1 aromatic carbocycles. The maximum absolute atomic E-state index is 5.57. The number of aromatic nitrogens is 2. The molecule has 0 N–H and O–H groups in total. The van der Waals surface area contributed by atoms with Gasteiger partial charge in [-0.15, -0.1) is 5.10 Å². The molecule has 0 aliphatic heterocycles. The Morgan fingerprint density at radius 2 is 1.65 bits per heavy atom. The van der Waals surface area contributed by atoms with Crippen molar-refractivity contribution in [1.29, 1.82) is 0 Å². The predicted molar refractivity (Wildman–Crippen MR) is 100 cm³/mol. The highest BCUT2D eigenvalue weighted by molar-refractivity contribution is 5.54. The normalized spacial score (nSPS) is 10.8. The molecule has 0 aliphatic rings. The van der Waals surface area contributed by atoms with Crippen LogP contribution in [0.1, 0.15) is 46.1 Å². The minimum Gasteiger partial charge on any atom is -0.410 e. The molecule has 0 amide bonds. The van der Waals surface area contributed by atoms with Crippen molar-refractivity contribution < 1.29 is 13.9 Å². The van der Waals surface area contributed by atoms with E-state index in [1.807, 2.05) is 26.0 Å². The van der Waals surface area contributed by atoms with Gasteiger partial charge in [0.2, 0.25) is 12.2 Å². The summed E-state index contributed by atoms with van der Waals surface area (Å²) >= 11 is 0. The van der Waals surface area contributed by atoms with E-state index in [4.69, 9.17) is 13.9 Å². The molecule has 1 heterocycles. The Morgan fingerprint density at radius 1 is 1.00 bits per heavy atom. The van der Waals surface area contributed by atoms with Gasteiger partial charge < -0.3 is 13.9 Å². The maximum Gasteiger partial charge on any atom is 0.295 e. The molecule has 1 aromatic heterocycles. The van der Waals surface area contributed by atoms with Crippen molar-refractivity contribution in [2.45, 2.75) is 46.3 Å². The van der Waals surface area contributed by atoms with Crippen LogP contribution in [-0.2, 0) is 14.9 Å². The van der Waals surface area contributed by atoms with Crippen LogP contribution in [0.5, 0.6) is 0 Å². The first-order valence-electron chi connectivity index (χ1n) is 8.63. The number of ether oxygens (including phenoxy) is 2.